The summed E-state index contributed by atoms with van der Waals surface area (Å²) in [6.07, 6.45) is 1.19. The number of nitrogens with zero attached hydrogens (tertiary/aromatic N) is 1. The smallest absolute Gasteiger partial charge is 0.344 e. The highest BCUT2D eigenvalue weighted by Gasteiger charge is 2.24. The highest BCUT2D eigenvalue weighted by Crippen LogP contribution is 2.29. The molecule has 6 nitrogen and oxygen atoms in total. The summed E-state index contributed by atoms with van der Waals surface area (Å²) in [5.74, 6) is -0.783. The first-order chi connectivity index (χ1) is 13.4. The minimum Gasteiger partial charge on any atom is -0.479 e. The molecule has 1 amide bonds. The second-order valence-electron chi connectivity index (χ2n) is 6.25. The Morgan fingerprint density at radius 2 is 2.07 bits per heavy atom. The molecule has 1 heterocycles. The quantitative estimate of drug-likeness (QED) is 0.717. The Balaban J connectivity index is 1.77. The van der Waals surface area contributed by atoms with Crippen molar-refractivity contribution in [1.29, 1.82) is 0 Å². The van der Waals surface area contributed by atoms with Crippen molar-refractivity contribution >= 4 is 40.6 Å². The van der Waals surface area contributed by atoms with E-state index in [0.717, 1.165) is 16.8 Å². The first-order valence-electron chi connectivity index (χ1n) is 8.80. The van der Waals surface area contributed by atoms with Crippen molar-refractivity contribution in [1.82, 2.24) is 5.32 Å². The third-order valence-electron chi connectivity index (χ3n) is 3.96. The molecule has 28 heavy (non-hydrogen) atoms. The van der Waals surface area contributed by atoms with Gasteiger partial charge >= 0.3 is 5.97 Å². The Hall–Kier alpha value is -3.06. The summed E-state index contributed by atoms with van der Waals surface area (Å²) >= 11 is 1.26. The molecule has 7 heteroatoms. The molecule has 3 rings (SSSR count). The summed E-state index contributed by atoms with van der Waals surface area (Å²) < 4.78 is 5.51. The molecule has 2 aromatic carbocycles. The van der Waals surface area contributed by atoms with Crippen LogP contribution in [0.25, 0.3) is 6.08 Å². The molecule has 0 aromatic heterocycles. The summed E-state index contributed by atoms with van der Waals surface area (Å²) in [5.41, 5.74) is 2.61. The number of aliphatic imine (C=N–C) groups is 1. The van der Waals surface area contributed by atoms with E-state index in [1.54, 1.807) is 31.2 Å². The molecule has 2 N–H and O–H groups in total. The zero-order chi connectivity index (χ0) is 20.1. The van der Waals surface area contributed by atoms with E-state index in [2.05, 4.69) is 10.3 Å². The van der Waals surface area contributed by atoms with Gasteiger partial charge < -0.3 is 15.2 Å². The van der Waals surface area contributed by atoms with Crippen LogP contribution in [0.5, 0.6) is 5.75 Å². The zero-order valence-electron chi connectivity index (χ0n) is 15.5. The van der Waals surface area contributed by atoms with Gasteiger partial charge in [0.1, 0.15) is 5.75 Å². The number of benzene rings is 2. The normalized spacial score (nSPS) is 17.6. The highest BCUT2D eigenvalue weighted by atomic mass is 32.2. The summed E-state index contributed by atoms with van der Waals surface area (Å²) in [6, 6.07) is 14.7. The lowest BCUT2D eigenvalue weighted by molar-refractivity contribution is -0.145. The maximum Gasteiger partial charge on any atom is 0.344 e. The molecule has 2 aromatic rings. The SMILES string of the molecule is CCC(Oc1cccc(/C=C2/SC(=Nc3cccc(C)c3)NC2=O)c1)C(=O)O. The monoisotopic (exact) mass is 396 g/mol. The number of nitrogens with one attached hydrogen (secondary N) is 1. The molecule has 1 fully saturated rings. The van der Waals surface area contributed by atoms with E-state index in [1.807, 2.05) is 37.3 Å². The number of amidine groups is 1. The van der Waals surface area contributed by atoms with Crippen LogP contribution in [-0.4, -0.2) is 28.3 Å². The average Bonchev–Trinajstić information content (AvgIpc) is 2.98. The van der Waals surface area contributed by atoms with E-state index in [0.29, 0.717) is 22.2 Å². The summed E-state index contributed by atoms with van der Waals surface area (Å²) in [4.78, 5) is 28.4. The van der Waals surface area contributed by atoms with Crippen LogP contribution in [-0.2, 0) is 9.59 Å². The highest BCUT2D eigenvalue weighted by molar-refractivity contribution is 8.18. The third kappa shape index (κ3) is 5.01. The van der Waals surface area contributed by atoms with Crippen molar-refractivity contribution in [3.63, 3.8) is 0 Å². The Morgan fingerprint density at radius 3 is 2.79 bits per heavy atom. The molecule has 0 bridgehead atoms. The number of thioether (sulfide) groups is 1. The molecule has 1 atom stereocenters. The lowest BCUT2D eigenvalue weighted by atomic mass is 10.2. The molecule has 0 aliphatic carbocycles. The predicted octanol–water partition coefficient (Wildman–Crippen LogP) is 4.13. The Kier molecular flexibility index (Phi) is 6.16. The molecule has 1 aliphatic rings. The van der Waals surface area contributed by atoms with E-state index >= 15 is 0 Å². The summed E-state index contributed by atoms with van der Waals surface area (Å²) in [5, 5.41) is 12.4. The third-order valence-corrected chi connectivity index (χ3v) is 4.87. The van der Waals surface area contributed by atoms with Crippen LogP contribution in [0.15, 0.2) is 58.4 Å². The van der Waals surface area contributed by atoms with E-state index in [-0.39, 0.29) is 5.91 Å². The molecule has 1 saturated heterocycles. The van der Waals surface area contributed by atoms with Gasteiger partial charge in [-0.1, -0.05) is 31.2 Å². The van der Waals surface area contributed by atoms with Crippen LogP contribution in [0.4, 0.5) is 5.69 Å². The molecular formula is C21H20N2O4S. The Morgan fingerprint density at radius 1 is 1.29 bits per heavy atom. The van der Waals surface area contributed by atoms with Crippen molar-refractivity contribution < 1.29 is 19.4 Å². The summed E-state index contributed by atoms with van der Waals surface area (Å²) in [6.45, 7) is 3.73. The fourth-order valence-corrected chi connectivity index (χ4v) is 3.44. The number of aliphatic carboxylic acids is 1. The summed E-state index contributed by atoms with van der Waals surface area (Å²) in [7, 11) is 0. The van der Waals surface area contributed by atoms with E-state index < -0.39 is 12.1 Å². The number of carboxylic acid groups (broad SMARTS) is 1. The van der Waals surface area contributed by atoms with E-state index in [1.165, 1.54) is 11.8 Å². The molecule has 1 aliphatic heterocycles. The Labute approximate surface area is 167 Å². The van der Waals surface area contributed by atoms with E-state index in [9.17, 15) is 9.59 Å². The number of amides is 1. The van der Waals surface area contributed by atoms with Crippen molar-refractivity contribution in [2.24, 2.45) is 4.99 Å². The first-order valence-corrected chi connectivity index (χ1v) is 9.62. The predicted molar refractivity (Wildman–Crippen MR) is 111 cm³/mol. The van der Waals surface area contributed by atoms with Gasteiger partial charge in [-0.2, -0.15) is 0 Å². The molecule has 144 valence electrons. The van der Waals surface area contributed by atoms with E-state index in [4.69, 9.17) is 9.84 Å². The fourth-order valence-electron chi connectivity index (χ4n) is 2.60. The number of carbonyl (C=O) groups is 2. The maximum absolute atomic E-state index is 12.3. The van der Waals surface area contributed by atoms with Crippen LogP contribution in [0.1, 0.15) is 24.5 Å². The molecule has 1 unspecified atom stereocenters. The second kappa shape index (κ2) is 8.75. The number of carbonyl (C=O) groups excluding carboxylic acids is 1. The van der Waals surface area contributed by atoms with Crippen molar-refractivity contribution in [3.8, 4) is 5.75 Å². The van der Waals surface area contributed by atoms with Gasteiger partial charge in [0.2, 0.25) is 0 Å². The molecular weight excluding hydrogens is 376 g/mol. The van der Waals surface area contributed by atoms with Crippen molar-refractivity contribution in [3.05, 3.63) is 64.6 Å². The van der Waals surface area contributed by atoms with Gasteiger partial charge in [0.05, 0.1) is 10.6 Å². The number of aryl methyl sites for hydroxylation is 1. The fraction of sp³-hybridized carbons (Fsp3) is 0.190. The molecule has 0 saturated carbocycles. The van der Waals surface area contributed by atoms with Crippen molar-refractivity contribution in [2.45, 2.75) is 26.4 Å². The minimum atomic E-state index is -1.01. The van der Waals surface area contributed by atoms with Crippen LogP contribution in [0.2, 0.25) is 0 Å². The van der Waals surface area contributed by atoms with Crippen LogP contribution in [0.3, 0.4) is 0 Å². The number of hydrogen-bond donors (Lipinski definition) is 2. The topological polar surface area (TPSA) is 88.0 Å². The minimum absolute atomic E-state index is 0.223. The van der Waals surface area contributed by atoms with Gasteiger partial charge in [-0.25, -0.2) is 9.79 Å². The number of ether oxygens (including phenoxy) is 1. The van der Waals surface area contributed by atoms with Crippen molar-refractivity contribution in [2.75, 3.05) is 0 Å². The number of rotatable bonds is 6. The molecule has 0 radical (unpaired) electrons. The first kappa shape index (κ1) is 19.7. The Bertz CT molecular complexity index is 968. The van der Waals surface area contributed by atoms with Gasteiger partial charge in [-0.3, -0.25) is 4.79 Å². The lowest BCUT2D eigenvalue weighted by Crippen LogP contribution is -2.25. The zero-order valence-corrected chi connectivity index (χ0v) is 16.3. The van der Waals surface area contributed by atoms with Gasteiger partial charge in [0, 0.05) is 0 Å². The average molecular weight is 396 g/mol. The van der Waals surface area contributed by atoms with Crippen LogP contribution in [0, 0.1) is 6.92 Å². The standard InChI is InChI=1S/C21H20N2O4S/c1-3-17(20(25)26)27-16-9-5-7-14(11-16)12-18-19(24)23-21(28-18)22-15-8-4-6-13(2)10-15/h4-12,17H,3H2,1-2H3,(H,25,26)(H,22,23,24)/b18-12+. The maximum atomic E-state index is 12.3. The van der Waals surface area contributed by atoms with Gasteiger partial charge in [-0.05, 0) is 66.6 Å². The van der Waals surface area contributed by atoms with Crippen LogP contribution < -0.4 is 10.1 Å². The number of hydrogen-bond acceptors (Lipinski definition) is 5. The lowest BCUT2D eigenvalue weighted by Gasteiger charge is -2.13. The van der Waals surface area contributed by atoms with Gasteiger partial charge in [-0.15, -0.1) is 0 Å². The molecule has 0 spiro atoms. The van der Waals surface area contributed by atoms with Crippen LogP contribution >= 0.6 is 11.8 Å². The second-order valence-corrected chi connectivity index (χ2v) is 7.28. The van der Waals surface area contributed by atoms with Gasteiger partial charge in [0.15, 0.2) is 11.3 Å². The largest absolute Gasteiger partial charge is 0.479 e. The van der Waals surface area contributed by atoms with Gasteiger partial charge in [0.25, 0.3) is 5.91 Å². The number of carboxylic acids is 1.